The smallest absolute Gasteiger partial charge is 0.162 e. The summed E-state index contributed by atoms with van der Waals surface area (Å²) in [5.74, 6) is 1.81. The Bertz CT molecular complexity index is 637. The highest BCUT2D eigenvalue weighted by atomic mass is 32.2. The van der Waals surface area contributed by atoms with Gasteiger partial charge in [-0.1, -0.05) is 6.07 Å². The molecule has 5 heteroatoms. The van der Waals surface area contributed by atoms with Gasteiger partial charge in [-0.3, -0.25) is 4.79 Å². The Labute approximate surface area is 136 Å². The molecule has 4 bridgehead atoms. The van der Waals surface area contributed by atoms with Gasteiger partial charge in [0.05, 0.1) is 5.75 Å². The van der Waals surface area contributed by atoms with E-state index >= 15 is 0 Å². The molecule has 22 heavy (non-hydrogen) atoms. The van der Waals surface area contributed by atoms with Gasteiger partial charge < -0.3 is 0 Å². The summed E-state index contributed by atoms with van der Waals surface area (Å²) in [4.78, 5) is 13.7. The summed E-state index contributed by atoms with van der Waals surface area (Å²) in [7, 11) is -3.34. The molecule has 1 heterocycles. The Morgan fingerprint density at radius 3 is 2.23 bits per heavy atom. The van der Waals surface area contributed by atoms with Crippen LogP contribution in [-0.2, 0) is 20.4 Å². The molecule has 1 aromatic rings. The van der Waals surface area contributed by atoms with Gasteiger partial charge in [0.25, 0.3) is 0 Å². The summed E-state index contributed by atoms with van der Waals surface area (Å²) in [6.45, 7) is 0. The minimum atomic E-state index is -3.34. The molecule has 1 aromatic heterocycles. The van der Waals surface area contributed by atoms with E-state index in [1.165, 1.54) is 30.6 Å². The van der Waals surface area contributed by atoms with Crippen molar-refractivity contribution < 1.29 is 13.2 Å². The lowest BCUT2D eigenvalue weighted by molar-refractivity contribution is -0.141. The van der Waals surface area contributed by atoms with Crippen LogP contribution in [0.15, 0.2) is 17.5 Å². The average Bonchev–Trinajstić information content (AvgIpc) is 2.88. The molecule has 0 aromatic carbocycles. The lowest BCUT2D eigenvalue weighted by Crippen LogP contribution is -2.51. The molecule has 0 radical (unpaired) electrons. The Morgan fingerprint density at radius 1 is 1.14 bits per heavy atom. The maximum atomic E-state index is 12.9. The van der Waals surface area contributed by atoms with Gasteiger partial charge in [0.1, 0.15) is 5.75 Å². The Kier molecular flexibility index (Phi) is 3.49. The Morgan fingerprint density at radius 2 is 1.73 bits per heavy atom. The van der Waals surface area contributed by atoms with Crippen LogP contribution >= 0.6 is 11.3 Å². The largest absolute Gasteiger partial charge is 0.298 e. The fraction of sp³-hybridized carbons (Fsp3) is 0.706. The van der Waals surface area contributed by atoms with Gasteiger partial charge in [0.15, 0.2) is 15.6 Å². The molecule has 0 amide bonds. The van der Waals surface area contributed by atoms with E-state index in [2.05, 4.69) is 0 Å². The summed E-state index contributed by atoms with van der Waals surface area (Å²) in [5.41, 5.74) is -0.294. The molecule has 0 N–H and O–H groups in total. The minimum absolute atomic E-state index is 0.0166. The highest BCUT2D eigenvalue weighted by Gasteiger charge is 2.54. The number of ketones is 1. The van der Waals surface area contributed by atoms with Crippen molar-refractivity contribution >= 4 is 27.0 Å². The van der Waals surface area contributed by atoms with Crippen molar-refractivity contribution in [1.29, 1.82) is 0 Å². The monoisotopic (exact) mass is 338 g/mol. The minimum Gasteiger partial charge on any atom is -0.298 e. The molecule has 3 nitrogen and oxygen atoms in total. The zero-order chi connectivity index (χ0) is 15.4. The quantitative estimate of drug-likeness (QED) is 0.826. The highest BCUT2D eigenvalue weighted by Crippen LogP contribution is 2.60. The normalized spacial score (nSPS) is 36.6. The number of thiophene rings is 1. The van der Waals surface area contributed by atoms with Crippen LogP contribution in [-0.4, -0.2) is 20.0 Å². The molecule has 0 atom stereocenters. The van der Waals surface area contributed by atoms with Crippen molar-refractivity contribution in [2.24, 2.45) is 23.2 Å². The van der Waals surface area contributed by atoms with Gasteiger partial charge in [-0.05, 0) is 67.7 Å². The van der Waals surface area contributed by atoms with E-state index in [1.54, 1.807) is 0 Å². The van der Waals surface area contributed by atoms with Crippen molar-refractivity contribution in [2.45, 2.75) is 44.3 Å². The average molecular weight is 338 g/mol. The van der Waals surface area contributed by atoms with Crippen molar-refractivity contribution in [3.8, 4) is 0 Å². The first-order valence-electron chi connectivity index (χ1n) is 8.20. The van der Waals surface area contributed by atoms with E-state index < -0.39 is 9.84 Å². The molecule has 4 fully saturated rings. The lowest BCUT2D eigenvalue weighted by Gasteiger charge is -2.55. The maximum Gasteiger partial charge on any atom is 0.162 e. The standard InChI is InChI=1S/C17H22O3S2/c18-16(11-22(19,20)10-15-2-1-3-21-15)17-7-12-4-13(8-17)6-14(5-12)9-17/h1-3,12-14H,4-11H2. The maximum absolute atomic E-state index is 12.9. The SMILES string of the molecule is O=C(CS(=O)(=O)Cc1cccs1)C12CC3CC(CC(C3)C1)C2. The van der Waals surface area contributed by atoms with Gasteiger partial charge in [0, 0.05) is 10.3 Å². The van der Waals surface area contributed by atoms with Crippen LogP contribution in [0.1, 0.15) is 43.4 Å². The second-order valence-electron chi connectivity index (χ2n) is 7.73. The van der Waals surface area contributed by atoms with Gasteiger partial charge in [-0.15, -0.1) is 11.3 Å². The van der Waals surface area contributed by atoms with Gasteiger partial charge >= 0.3 is 0 Å². The number of sulfone groups is 1. The molecule has 4 aliphatic carbocycles. The first-order chi connectivity index (χ1) is 10.4. The molecular formula is C17H22O3S2. The Hall–Kier alpha value is -0.680. The molecule has 0 saturated heterocycles. The van der Waals surface area contributed by atoms with Crippen LogP contribution in [0.5, 0.6) is 0 Å². The third-order valence-corrected chi connectivity index (χ3v) is 8.43. The van der Waals surface area contributed by atoms with Gasteiger partial charge in [0.2, 0.25) is 0 Å². The van der Waals surface area contributed by atoms with Crippen LogP contribution < -0.4 is 0 Å². The zero-order valence-corrected chi connectivity index (χ0v) is 14.3. The third-order valence-electron chi connectivity index (χ3n) is 5.92. The molecule has 120 valence electrons. The molecule has 0 unspecified atom stereocenters. The summed E-state index contributed by atoms with van der Waals surface area (Å²) in [5, 5.41) is 1.88. The summed E-state index contributed by atoms with van der Waals surface area (Å²) in [6, 6.07) is 3.69. The first kappa shape index (κ1) is 14.9. The van der Waals surface area contributed by atoms with E-state index in [4.69, 9.17) is 0 Å². The highest BCUT2D eigenvalue weighted by molar-refractivity contribution is 7.91. The molecule has 0 aliphatic heterocycles. The van der Waals surface area contributed by atoms with Crippen LogP contribution in [0.4, 0.5) is 0 Å². The predicted molar refractivity (Wildman–Crippen MR) is 87.4 cm³/mol. The van der Waals surface area contributed by atoms with Crippen LogP contribution in [0.25, 0.3) is 0 Å². The Balaban J connectivity index is 1.50. The topological polar surface area (TPSA) is 51.2 Å². The molecule has 5 rings (SSSR count). The summed E-state index contributed by atoms with van der Waals surface area (Å²) < 4.78 is 24.8. The number of carbonyl (C=O) groups excluding carboxylic acids is 1. The van der Waals surface area contributed by atoms with Crippen molar-refractivity contribution in [1.82, 2.24) is 0 Å². The van der Waals surface area contributed by atoms with E-state index in [9.17, 15) is 13.2 Å². The molecule has 0 spiro atoms. The lowest BCUT2D eigenvalue weighted by atomic mass is 9.48. The van der Waals surface area contributed by atoms with Crippen LogP contribution in [0.3, 0.4) is 0 Å². The first-order valence-corrected chi connectivity index (χ1v) is 10.9. The van der Waals surface area contributed by atoms with Gasteiger partial charge in [-0.25, -0.2) is 8.42 Å². The van der Waals surface area contributed by atoms with Crippen molar-refractivity contribution in [3.63, 3.8) is 0 Å². The molecular weight excluding hydrogens is 316 g/mol. The third kappa shape index (κ3) is 2.67. The fourth-order valence-corrected chi connectivity index (χ4v) is 8.10. The van der Waals surface area contributed by atoms with Gasteiger partial charge in [-0.2, -0.15) is 0 Å². The summed E-state index contributed by atoms with van der Waals surface area (Å²) in [6.07, 6.45) is 6.67. The predicted octanol–water partition coefficient (Wildman–Crippen LogP) is 3.45. The number of Topliss-reactive ketones (excluding diaryl/α,β-unsaturated/α-hetero) is 1. The second-order valence-corrected chi connectivity index (χ2v) is 10.8. The summed E-state index contributed by atoms with van der Waals surface area (Å²) >= 11 is 1.45. The number of carbonyl (C=O) groups is 1. The number of rotatable bonds is 5. The second kappa shape index (κ2) is 5.17. The van der Waals surface area contributed by atoms with Crippen molar-refractivity contribution in [2.75, 3.05) is 5.75 Å². The van der Waals surface area contributed by atoms with E-state index in [0.29, 0.717) is 17.8 Å². The zero-order valence-electron chi connectivity index (χ0n) is 12.7. The number of hydrogen-bond donors (Lipinski definition) is 0. The van der Waals surface area contributed by atoms with E-state index in [1.807, 2.05) is 17.5 Å². The number of hydrogen-bond acceptors (Lipinski definition) is 4. The van der Waals surface area contributed by atoms with Crippen molar-refractivity contribution in [3.05, 3.63) is 22.4 Å². The molecule has 4 saturated carbocycles. The molecule has 4 aliphatic rings. The van der Waals surface area contributed by atoms with E-state index in [-0.39, 0.29) is 22.7 Å². The van der Waals surface area contributed by atoms with E-state index in [0.717, 1.165) is 24.1 Å². The fourth-order valence-electron chi connectivity index (χ4n) is 5.47. The van der Waals surface area contributed by atoms with Crippen LogP contribution in [0, 0.1) is 23.2 Å². The van der Waals surface area contributed by atoms with Crippen LogP contribution in [0.2, 0.25) is 0 Å².